The second-order valence-corrected chi connectivity index (χ2v) is 5.36. The van der Waals surface area contributed by atoms with Gasteiger partial charge in [0.25, 0.3) is 0 Å². The summed E-state index contributed by atoms with van der Waals surface area (Å²) in [4.78, 5) is 13.4. The van der Waals surface area contributed by atoms with Crippen molar-refractivity contribution >= 4 is 5.97 Å². The van der Waals surface area contributed by atoms with E-state index >= 15 is 0 Å². The standard InChI is InChI=1S/C15H21NO2/c1-11-3-5-13(6-4-11)10-16-8-7-14(15(17)18)9-12(16)2/h3-6,12,14H,7-10H2,1-2H3,(H,17,18). The molecular formula is C15H21NO2. The Kier molecular flexibility index (Phi) is 4.02. The van der Waals surface area contributed by atoms with Gasteiger partial charge in [0.1, 0.15) is 0 Å². The van der Waals surface area contributed by atoms with Gasteiger partial charge in [-0.25, -0.2) is 0 Å². The largest absolute Gasteiger partial charge is 0.481 e. The van der Waals surface area contributed by atoms with Gasteiger partial charge in [0, 0.05) is 12.6 Å². The first-order chi connectivity index (χ1) is 8.56. The molecule has 1 N–H and O–H groups in total. The molecule has 0 amide bonds. The Morgan fingerprint density at radius 2 is 2.06 bits per heavy atom. The van der Waals surface area contributed by atoms with Gasteiger partial charge in [-0.1, -0.05) is 29.8 Å². The number of carbonyl (C=O) groups is 1. The van der Waals surface area contributed by atoms with Crippen molar-refractivity contribution in [1.82, 2.24) is 4.90 Å². The Morgan fingerprint density at radius 1 is 1.39 bits per heavy atom. The van der Waals surface area contributed by atoms with Gasteiger partial charge < -0.3 is 5.11 Å². The zero-order valence-corrected chi connectivity index (χ0v) is 11.1. The molecule has 0 aromatic heterocycles. The fourth-order valence-corrected chi connectivity index (χ4v) is 2.61. The molecule has 1 heterocycles. The van der Waals surface area contributed by atoms with Crippen LogP contribution in [-0.2, 0) is 11.3 Å². The molecule has 0 aliphatic carbocycles. The van der Waals surface area contributed by atoms with Crippen molar-refractivity contribution in [1.29, 1.82) is 0 Å². The number of likely N-dealkylation sites (tertiary alicyclic amines) is 1. The van der Waals surface area contributed by atoms with Crippen molar-refractivity contribution in [3.8, 4) is 0 Å². The number of hydrogen-bond acceptors (Lipinski definition) is 2. The van der Waals surface area contributed by atoms with Gasteiger partial charge in [0.2, 0.25) is 0 Å². The van der Waals surface area contributed by atoms with Crippen molar-refractivity contribution in [2.45, 2.75) is 39.3 Å². The monoisotopic (exact) mass is 247 g/mol. The van der Waals surface area contributed by atoms with Crippen LogP contribution in [0.15, 0.2) is 24.3 Å². The average molecular weight is 247 g/mol. The van der Waals surface area contributed by atoms with Crippen molar-refractivity contribution in [2.75, 3.05) is 6.54 Å². The highest BCUT2D eigenvalue weighted by molar-refractivity contribution is 5.70. The van der Waals surface area contributed by atoms with Crippen LogP contribution in [0, 0.1) is 12.8 Å². The third-order valence-corrected chi connectivity index (χ3v) is 3.87. The maximum absolute atomic E-state index is 11.0. The lowest BCUT2D eigenvalue weighted by Gasteiger charge is -2.36. The number of aliphatic carboxylic acids is 1. The molecule has 0 bridgehead atoms. The summed E-state index contributed by atoms with van der Waals surface area (Å²) in [6, 6.07) is 8.92. The van der Waals surface area contributed by atoms with E-state index < -0.39 is 5.97 Å². The van der Waals surface area contributed by atoms with Crippen LogP contribution in [0.5, 0.6) is 0 Å². The van der Waals surface area contributed by atoms with Gasteiger partial charge in [-0.15, -0.1) is 0 Å². The number of nitrogens with zero attached hydrogens (tertiary/aromatic N) is 1. The minimum atomic E-state index is -0.642. The molecule has 98 valence electrons. The lowest BCUT2D eigenvalue weighted by molar-refractivity contribution is -0.144. The predicted molar refractivity (Wildman–Crippen MR) is 71.4 cm³/mol. The molecule has 1 aromatic carbocycles. The van der Waals surface area contributed by atoms with E-state index in [4.69, 9.17) is 5.11 Å². The topological polar surface area (TPSA) is 40.5 Å². The van der Waals surface area contributed by atoms with Gasteiger partial charge in [0.15, 0.2) is 0 Å². The van der Waals surface area contributed by atoms with Gasteiger partial charge in [-0.2, -0.15) is 0 Å². The highest BCUT2D eigenvalue weighted by Gasteiger charge is 2.29. The molecule has 1 saturated heterocycles. The molecule has 1 fully saturated rings. The van der Waals surface area contributed by atoms with Crippen LogP contribution >= 0.6 is 0 Å². The zero-order chi connectivity index (χ0) is 13.1. The summed E-state index contributed by atoms with van der Waals surface area (Å²) in [5.74, 6) is -0.800. The third kappa shape index (κ3) is 3.10. The normalized spacial score (nSPS) is 25.0. The summed E-state index contributed by atoms with van der Waals surface area (Å²) >= 11 is 0. The molecule has 1 aliphatic rings. The Morgan fingerprint density at radius 3 is 2.61 bits per heavy atom. The molecule has 2 rings (SSSR count). The first-order valence-corrected chi connectivity index (χ1v) is 6.58. The Hall–Kier alpha value is -1.35. The molecule has 1 aliphatic heterocycles. The molecule has 2 unspecified atom stereocenters. The van der Waals surface area contributed by atoms with Crippen LogP contribution in [0.25, 0.3) is 0 Å². The van der Waals surface area contributed by atoms with Crippen LogP contribution < -0.4 is 0 Å². The second kappa shape index (κ2) is 5.53. The van der Waals surface area contributed by atoms with Crippen molar-refractivity contribution in [3.05, 3.63) is 35.4 Å². The minimum absolute atomic E-state index is 0.158. The van der Waals surface area contributed by atoms with E-state index in [9.17, 15) is 4.79 Å². The molecule has 3 nitrogen and oxygen atoms in total. The summed E-state index contributed by atoms with van der Waals surface area (Å²) in [5, 5.41) is 9.04. The van der Waals surface area contributed by atoms with Crippen molar-refractivity contribution in [3.63, 3.8) is 0 Å². The van der Waals surface area contributed by atoms with Crippen LogP contribution in [0.4, 0.5) is 0 Å². The van der Waals surface area contributed by atoms with E-state index in [-0.39, 0.29) is 5.92 Å². The Labute approximate surface area is 108 Å². The number of carboxylic acid groups (broad SMARTS) is 1. The number of benzene rings is 1. The maximum atomic E-state index is 11.0. The Bertz CT molecular complexity index is 413. The third-order valence-electron chi connectivity index (χ3n) is 3.87. The number of rotatable bonds is 3. The van der Waals surface area contributed by atoms with E-state index in [1.807, 2.05) is 0 Å². The minimum Gasteiger partial charge on any atom is -0.481 e. The highest BCUT2D eigenvalue weighted by Crippen LogP contribution is 2.24. The molecule has 2 atom stereocenters. The smallest absolute Gasteiger partial charge is 0.306 e. The van der Waals surface area contributed by atoms with Gasteiger partial charge in [-0.3, -0.25) is 9.69 Å². The summed E-state index contributed by atoms with van der Waals surface area (Å²) in [6.45, 7) is 6.02. The molecule has 1 aromatic rings. The SMILES string of the molecule is Cc1ccc(CN2CCC(C(=O)O)CC2C)cc1. The van der Waals surface area contributed by atoms with E-state index in [0.717, 1.165) is 25.9 Å². The van der Waals surface area contributed by atoms with E-state index in [2.05, 4.69) is 43.0 Å². The van der Waals surface area contributed by atoms with Crippen LogP contribution in [0.3, 0.4) is 0 Å². The van der Waals surface area contributed by atoms with Crippen LogP contribution in [-0.4, -0.2) is 28.6 Å². The average Bonchev–Trinajstić information content (AvgIpc) is 2.34. The fraction of sp³-hybridized carbons (Fsp3) is 0.533. The first-order valence-electron chi connectivity index (χ1n) is 6.58. The molecular weight excluding hydrogens is 226 g/mol. The fourth-order valence-electron chi connectivity index (χ4n) is 2.61. The zero-order valence-electron chi connectivity index (χ0n) is 11.1. The molecule has 0 saturated carbocycles. The number of hydrogen-bond donors (Lipinski definition) is 1. The van der Waals surface area contributed by atoms with E-state index in [1.165, 1.54) is 11.1 Å². The lowest BCUT2D eigenvalue weighted by atomic mass is 9.91. The molecule has 18 heavy (non-hydrogen) atoms. The van der Waals surface area contributed by atoms with Crippen molar-refractivity contribution in [2.24, 2.45) is 5.92 Å². The maximum Gasteiger partial charge on any atom is 0.306 e. The van der Waals surface area contributed by atoms with Gasteiger partial charge >= 0.3 is 5.97 Å². The number of carboxylic acids is 1. The number of aryl methyl sites for hydroxylation is 1. The number of piperidine rings is 1. The predicted octanol–water partition coefficient (Wildman–Crippen LogP) is 2.68. The highest BCUT2D eigenvalue weighted by atomic mass is 16.4. The van der Waals surface area contributed by atoms with Gasteiger partial charge in [-0.05, 0) is 38.8 Å². The van der Waals surface area contributed by atoms with E-state index in [0.29, 0.717) is 6.04 Å². The Balaban J connectivity index is 1.95. The quantitative estimate of drug-likeness (QED) is 0.892. The summed E-state index contributed by atoms with van der Waals surface area (Å²) in [7, 11) is 0. The van der Waals surface area contributed by atoms with E-state index in [1.54, 1.807) is 0 Å². The first kappa shape index (κ1) is 13.1. The lowest BCUT2D eigenvalue weighted by Crippen LogP contribution is -2.42. The summed E-state index contributed by atoms with van der Waals surface area (Å²) in [5.41, 5.74) is 2.58. The van der Waals surface area contributed by atoms with Gasteiger partial charge in [0.05, 0.1) is 5.92 Å². The summed E-state index contributed by atoms with van der Waals surface area (Å²) < 4.78 is 0. The molecule has 0 spiro atoms. The summed E-state index contributed by atoms with van der Waals surface area (Å²) in [6.07, 6.45) is 1.53. The second-order valence-electron chi connectivity index (χ2n) is 5.36. The van der Waals surface area contributed by atoms with Crippen molar-refractivity contribution < 1.29 is 9.90 Å². The molecule has 3 heteroatoms. The molecule has 0 radical (unpaired) electrons. The van der Waals surface area contributed by atoms with Crippen LogP contribution in [0.2, 0.25) is 0 Å². The van der Waals surface area contributed by atoms with Crippen LogP contribution in [0.1, 0.15) is 30.9 Å².